The zero-order chi connectivity index (χ0) is 9.03. The van der Waals surface area contributed by atoms with Crippen molar-refractivity contribution in [3.05, 3.63) is 23.8 Å². The van der Waals surface area contributed by atoms with E-state index in [1.807, 2.05) is 0 Å². The van der Waals surface area contributed by atoms with Crippen molar-refractivity contribution in [1.82, 2.24) is 5.43 Å². The topological polar surface area (TPSA) is 38.0 Å². The Morgan fingerprint density at radius 1 is 1.58 bits per heavy atom. The summed E-state index contributed by atoms with van der Waals surface area (Å²) < 4.78 is 0. The Hall–Kier alpha value is -0.600. The van der Waals surface area contributed by atoms with Crippen LogP contribution in [0.1, 0.15) is 33.1 Å². The van der Waals surface area contributed by atoms with Gasteiger partial charge in [0.25, 0.3) is 0 Å². The highest BCUT2D eigenvalue weighted by Gasteiger charge is 2.25. The fourth-order valence-corrected chi connectivity index (χ4v) is 1.58. The molecule has 0 radical (unpaired) electrons. The molecule has 3 N–H and O–H groups in total. The van der Waals surface area contributed by atoms with E-state index in [2.05, 4.69) is 37.5 Å². The highest BCUT2D eigenvalue weighted by Crippen LogP contribution is 2.26. The van der Waals surface area contributed by atoms with Crippen molar-refractivity contribution < 1.29 is 0 Å². The summed E-state index contributed by atoms with van der Waals surface area (Å²) in [7, 11) is 0. The molecule has 1 atom stereocenters. The normalized spacial score (nSPS) is 28.8. The van der Waals surface area contributed by atoms with Gasteiger partial charge in [0.15, 0.2) is 0 Å². The van der Waals surface area contributed by atoms with E-state index in [9.17, 15) is 0 Å². The molecule has 2 nitrogen and oxygen atoms in total. The Bertz CT molecular complexity index is 200. The minimum atomic E-state index is 0.0140. The lowest BCUT2D eigenvalue weighted by molar-refractivity contribution is 0.387. The number of hydrogen-bond donors (Lipinski definition) is 2. The first-order valence-electron chi connectivity index (χ1n) is 4.61. The third-order valence-electron chi connectivity index (χ3n) is 2.66. The molecule has 0 amide bonds. The first-order valence-corrected chi connectivity index (χ1v) is 4.61. The van der Waals surface area contributed by atoms with Gasteiger partial charge in [0, 0.05) is 0 Å². The Labute approximate surface area is 74.5 Å². The molecule has 68 valence electrons. The van der Waals surface area contributed by atoms with Crippen molar-refractivity contribution >= 4 is 0 Å². The molecule has 1 aliphatic rings. The van der Waals surface area contributed by atoms with Crippen LogP contribution in [0.3, 0.4) is 0 Å². The second-order valence-electron chi connectivity index (χ2n) is 3.37. The average molecular weight is 166 g/mol. The Kier molecular flexibility index (Phi) is 3.06. The highest BCUT2D eigenvalue weighted by molar-refractivity contribution is 5.26. The fraction of sp³-hybridized carbons (Fsp3) is 0.600. The van der Waals surface area contributed by atoms with Crippen molar-refractivity contribution in [1.29, 1.82) is 0 Å². The monoisotopic (exact) mass is 166 g/mol. The molecular formula is C10H18N2. The third kappa shape index (κ3) is 1.76. The Morgan fingerprint density at radius 3 is 2.83 bits per heavy atom. The largest absolute Gasteiger partial charge is 0.271 e. The van der Waals surface area contributed by atoms with Gasteiger partial charge in [0.05, 0.1) is 5.54 Å². The lowest BCUT2D eigenvalue weighted by Crippen LogP contribution is -2.48. The van der Waals surface area contributed by atoms with Gasteiger partial charge in [-0.3, -0.25) is 11.3 Å². The zero-order valence-corrected chi connectivity index (χ0v) is 7.93. The third-order valence-corrected chi connectivity index (χ3v) is 2.66. The molecule has 1 aliphatic carbocycles. The number of nitrogens with two attached hydrogens (primary N) is 1. The summed E-state index contributed by atoms with van der Waals surface area (Å²) in [4.78, 5) is 0. The van der Waals surface area contributed by atoms with Crippen molar-refractivity contribution in [2.45, 2.75) is 38.6 Å². The van der Waals surface area contributed by atoms with Crippen LogP contribution in [-0.2, 0) is 0 Å². The summed E-state index contributed by atoms with van der Waals surface area (Å²) in [5.41, 5.74) is 4.39. The molecule has 0 fully saturated rings. The van der Waals surface area contributed by atoms with Crippen LogP contribution < -0.4 is 11.3 Å². The molecule has 0 heterocycles. The maximum Gasteiger partial charge on any atom is 0.0538 e. The second-order valence-corrected chi connectivity index (χ2v) is 3.37. The molecule has 12 heavy (non-hydrogen) atoms. The number of allylic oxidation sites excluding steroid dienone is 2. The van der Waals surface area contributed by atoms with Crippen molar-refractivity contribution in [2.75, 3.05) is 0 Å². The van der Waals surface area contributed by atoms with E-state index < -0.39 is 0 Å². The van der Waals surface area contributed by atoms with Crippen LogP contribution in [0.4, 0.5) is 0 Å². The van der Waals surface area contributed by atoms with Gasteiger partial charge in [-0.2, -0.15) is 0 Å². The minimum Gasteiger partial charge on any atom is -0.271 e. The van der Waals surface area contributed by atoms with Gasteiger partial charge in [0.2, 0.25) is 0 Å². The summed E-state index contributed by atoms with van der Waals surface area (Å²) in [6.45, 7) is 4.34. The molecule has 0 spiro atoms. The van der Waals surface area contributed by atoms with Gasteiger partial charge in [-0.15, -0.1) is 0 Å². The van der Waals surface area contributed by atoms with Gasteiger partial charge < -0.3 is 0 Å². The van der Waals surface area contributed by atoms with Gasteiger partial charge in [0.1, 0.15) is 0 Å². The van der Waals surface area contributed by atoms with E-state index in [1.165, 1.54) is 5.57 Å². The predicted molar refractivity (Wildman–Crippen MR) is 52.5 cm³/mol. The van der Waals surface area contributed by atoms with E-state index in [-0.39, 0.29) is 5.54 Å². The van der Waals surface area contributed by atoms with E-state index in [1.54, 1.807) is 0 Å². The van der Waals surface area contributed by atoms with Crippen LogP contribution in [0.25, 0.3) is 0 Å². The van der Waals surface area contributed by atoms with E-state index in [4.69, 9.17) is 5.84 Å². The van der Waals surface area contributed by atoms with Crippen LogP contribution in [0, 0.1) is 0 Å². The maximum absolute atomic E-state index is 5.54. The molecule has 0 aromatic heterocycles. The number of rotatable bonds is 3. The number of hydrazine groups is 1. The lowest BCUT2D eigenvalue weighted by Gasteiger charge is -2.31. The molecule has 1 unspecified atom stereocenters. The molecule has 0 saturated carbocycles. The summed E-state index contributed by atoms with van der Waals surface area (Å²) in [5.74, 6) is 5.54. The molecule has 0 aromatic rings. The van der Waals surface area contributed by atoms with Crippen LogP contribution in [0.5, 0.6) is 0 Å². The average Bonchev–Trinajstić information content (AvgIpc) is 2.18. The minimum absolute atomic E-state index is 0.0140. The zero-order valence-electron chi connectivity index (χ0n) is 7.93. The van der Waals surface area contributed by atoms with Crippen molar-refractivity contribution in [3.63, 3.8) is 0 Å². The van der Waals surface area contributed by atoms with Crippen LogP contribution in [0.2, 0.25) is 0 Å². The molecule has 1 rings (SSSR count). The summed E-state index contributed by atoms with van der Waals surface area (Å²) in [6.07, 6.45) is 9.65. The standard InChI is InChI=1S/C10H18N2/c1-3-9-6-5-7-10(4-2,8-9)12-11/h5-7,12H,3-4,8,11H2,1-2H3. The first-order chi connectivity index (χ1) is 5.76. The molecular weight excluding hydrogens is 148 g/mol. The number of nitrogens with one attached hydrogen (secondary N) is 1. The Balaban J connectivity index is 2.73. The van der Waals surface area contributed by atoms with Crippen molar-refractivity contribution in [2.24, 2.45) is 5.84 Å². The Morgan fingerprint density at radius 2 is 2.33 bits per heavy atom. The van der Waals surface area contributed by atoms with Gasteiger partial charge in [-0.25, -0.2) is 0 Å². The molecule has 0 bridgehead atoms. The quantitative estimate of drug-likeness (QED) is 0.496. The molecule has 0 saturated heterocycles. The summed E-state index contributed by atoms with van der Waals surface area (Å²) in [5, 5.41) is 0. The van der Waals surface area contributed by atoms with E-state index in [0.29, 0.717) is 0 Å². The van der Waals surface area contributed by atoms with Crippen LogP contribution in [-0.4, -0.2) is 5.54 Å². The lowest BCUT2D eigenvalue weighted by atomic mass is 9.84. The number of hydrogen-bond acceptors (Lipinski definition) is 2. The second kappa shape index (κ2) is 3.87. The summed E-state index contributed by atoms with van der Waals surface area (Å²) >= 11 is 0. The molecule has 0 aromatic carbocycles. The van der Waals surface area contributed by atoms with Gasteiger partial charge in [-0.1, -0.05) is 37.6 Å². The maximum atomic E-state index is 5.54. The van der Waals surface area contributed by atoms with Gasteiger partial charge >= 0.3 is 0 Å². The SMILES string of the molecule is CCC1=CC=CC(CC)(NN)C1. The van der Waals surface area contributed by atoms with Crippen LogP contribution in [0.15, 0.2) is 23.8 Å². The van der Waals surface area contributed by atoms with Gasteiger partial charge in [-0.05, 0) is 19.3 Å². The highest BCUT2D eigenvalue weighted by atomic mass is 15.3. The fourth-order valence-electron chi connectivity index (χ4n) is 1.58. The predicted octanol–water partition coefficient (Wildman–Crippen LogP) is 1.89. The summed E-state index contributed by atoms with van der Waals surface area (Å²) in [6, 6.07) is 0. The molecule has 2 heteroatoms. The smallest absolute Gasteiger partial charge is 0.0538 e. The van der Waals surface area contributed by atoms with Crippen LogP contribution >= 0.6 is 0 Å². The first kappa shape index (κ1) is 9.49. The van der Waals surface area contributed by atoms with E-state index >= 15 is 0 Å². The van der Waals surface area contributed by atoms with Crippen molar-refractivity contribution in [3.8, 4) is 0 Å². The van der Waals surface area contributed by atoms with E-state index in [0.717, 1.165) is 19.3 Å². The molecule has 0 aliphatic heterocycles.